The van der Waals surface area contributed by atoms with Crippen LogP contribution in [0.1, 0.15) is 5.56 Å². The lowest BCUT2D eigenvalue weighted by molar-refractivity contribution is 0.399. The van der Waals surface area contributed by atoms with Crippen LogP contribution in [0.5, 0.6) is 5.88 Å². The lowest BCUT2D eigenvalue weighted by atomic mass is 10.2. The van der Waals surface area contributed by atoms with Crippen LogP contribution in [0.4, 0.5) is 0 Å². The second-order valence-corrected chi connectivity index (χ2v) is 2.77. The standard InChI is InChI=1S/C9H11N3O/c1-13-8-3-2-7-6(4-10)5-11-9(7)12-8/h2-3,5H,4,10H2,1H3,(H,11,12). The van der Waals surface area contributed by atoms with E-state index in [1.807, 2.05) is 18.3 Å². The fourth-order valence-corrected chi connectivity index (χ4v) is 1.33. The first-order valence-electron chi connectivity index (χ1n) is 4.06. The summed E-state index contributed by atoms with van der Waals surface area (Å²) in [5.74, 6) is 0.609. The predicted molar refractivity (Wildman–Crippen MR) is 50.5 cm³/mol. The maximum Gasteiger partial charge on any atom is 0.214 e. The molecule has 2 heterocycles. The highest BCUT2D eigenvalue weighted by Crippen LogP contribution is 2.18. The van der Waals surface area contributed by atoms with Crippen LogP contribution in [0.3, 0.4) is 0 Å². The van der Waals surface area contributed by atoms with E-state index in [9.17, 15) is 0 Å². The van der Waals surface area contributed by atoms with Crippen molar-refractivity contribution in [2.24, 2.45) is 5.73 Å². The van der Waals surface area contributed by atoms with Crippen LogP contribution in [0.25, 0.3) is 11.0 Å². The van der Waals surface area contributed by atoms with Crippen LogP contribution in [0.2, 0.25) is 0 Å². The van der Waals surface area contributed by atoms with Crippen molar-refractivity contribution in [1.29, 1.82) is 0 Å². The number of methoxy groups -OCH3 is 1. The van der Waals surface area contributed by atoms with E-state index in [0.29, 0.717) is 12.4 Å². The zero-order chi connectivity index (χ0) is 9.26. The highest BCUT2D eigenvalue weighted by molar-refractivity contribution is 5.80. The summed E-state index contributed by atoms with van der Waals surface area (Å²) in [4.78, 5) is 7.27. The van der Waals surface area contributed by atoms with Crippen molar-refractivity contribution in [2.75, 3.05) is 7.11 Å². The maximum absolute atomic E-state index is 5.55. The molecule has 4 nitrogen and oxygen atoms in total. The van der Waals surface area contributed by atoms with E-state index in [0.717, 1.165) is 16.6 Å². The number of H-pyrrole nitrogens is 1. The Morgan fingerprint density at radius 2 is 2.38 bits per heavy atom. The van der Waals surface area contributed by atoms with Crippen molar-refractivity contribution in [1.82, 2.24) is 9.97 Å². The minimum atomic E-state index is 0.522. The fourth-order valence-electron chi connectivity index (χ4n) is 1.33. The molecule has 2 aromatic heterocycles. The van der Waals surface area contributed by atoms with E-state index in [-0.39, 0.29) is 0 Å². The average Bonchev–Trinajstić information content (AvgIpc) is 2.59. The number of rotatable bonds is 2. The van der Waals surface area contributed by atoms with Gasteiger partial charge in [-0.25, -0.2) is 0 Å². The number of aromatic nitrogens is 2. The number of fused-ring (bicyclic) bond motifs is 1. The normalized spacial score (nSPS) is 10.6. The van der Waals surface area contributed by atoms with Gasteiger partial charge in [0.1, 0.15) is 5.65 Å². The summed E-state index contributed by atoms with van der Waals surface area (Å²) in [6.45, 7) is 0.522. The Bertz CT molecular complexity index is 422. The van der Waals surface area contributed by atoms with E-state index in [1.165, 1.54) is 0 Å². The number of nitrogens with zero attached hydrogens (tertiary/aromatic N) is 1. The van der Waals surface area contributed by atoms with Gasteiger partial charge in [-0.05, 0) is 11.6 Å². The van der Waals surface area contributed by atoms with Crippen LogP contribution in [-0.2, 0) is 6.54 Å². The SMILES string of the molecule is COc1ccc2c(CN)c[nH]c2n1. The van der Waals surface area contributed by atoms with Crippen LogP contribution in [0.15, 0.2) is 18.3 Å². The molecule has 0 unspecified atom stereocenters. The molecule has 2 rings (SSSR count). The molecule has 68 valence electrons. The molecule has 3 N–H and O–H groups in total. The highest BCUT2D eigenvalue weighted by atomic mass is 16.5. The van der Waals surface area contributed by atoms with E-state index < -0.39 is 0 Å². The number of hydrogen-bond donors (Lipinski definition) is 2. The Hall–Kier alpha value is -1.55. The van der Waals surface area contributed by atoms with Crippen molar-refractivity contribution in [3.63, 3.8) is 0 Å². The lowest BCUT2D eigenvalue weighted by Gasteiger charge is -1.97. The quantitative estimate of drug-likeness (QED) is 0.720. The monoisotopic (exact) mass is 177 g/mol. The Morgan fingerprint density at radius 3 is 3.08 bits per heavy atom. The number of nitrogens with one attached hydrogen (secondary N) is 1. The van der Waals surface area contributed by atoms with E-state index in [1.54, 1.807) is 7.11 Å². The summed E-state index contributed by atoms with van der Waals surface area (Å²) in [6, 6.07) is 3.79. The van der Waals surface area contributed by atoms with E-state index in [4.69, 9.17) is 10.5 Å². The molecule has 2 aromatic rings. The number of pyridine rings is 1. The van der Waals surface area contributed by atoms with Gasteiger partial charge in [-0.15, -0.1) is 0 Å². The average molecular weight is 177 g/mol. The molecule has 0 saturated heterocycles. The molecule has 0 aliphatic heterocycles. The number of ether oxygens (including phenoxy) is 1. The first-order valence-corrected chi connectivity index (χ1v) is 4.06. The van der Waals surface area contributed by atoms with Crippen molar-refractivity contribution in [2.45, 2.75) is 6.54 Å². The minimum absolute atomic E-state index is 0.522. The van der Waals surface area contributed by atoms with Crippen molar-refractivity contribution >= 4 is 11.0 Å². The second-order valence-electron chi connectivity index (χ2n) is 2.77. The van der Waals surface area contributed by atoms with Gasteiger partial charge >= 0.3 is 0 Å². The molecule has 0 fully saturated rings. The Labute approximate surface area is 75.7 Å². The minimum Gasteiger partial charge on any atom is -0.481 e. The third-order valence-electron chi connectivity index (χ3n) is 2.03. The summed E-state index contributed by atoms with van der Waals surface area (Å²) in [5, 5.41) is 1.06. The molecular formula is C9H11N3O. The zero-order valence-corrected chi connectivity index (χ0v) is 7.37. The van der Waals surface area contributed by atoms with Gasteiger partial charge in [0, 0.05) is 24.2 Å². The Balaban J connectivity index is 2.61. The van der Waals surface area contributed by atoms with Gasteiger partial charge in [-0.3, -0.25) is 0 Å². The molecular weight excluding hydrogens is 166 g/mol. The first kappa shape index (κ1) is 8.07. The molecule has 13 heavy (non-hydrogen) atoms. The van der Waals surface area contributed by atoms with Crippen LogP contribution < -0.4 is 10.5 Å². The molecule has 0 bridgehead atoms. The molecule has 0 saturated carbocycles. The van der Waals surface area contributed by atoms with Gasteiger partial charge < -0.3 is 15.5 Å². The molecule has 0 atom stereocenters. The van der Waals surface area contributed by atoms with Crippen LogP contribution in [-0.4, -0.2) is 17.1 Å². The van der Waals surface area contributed by atoms with Gasteiger partial charge in [0.2, 0.25) is 5.88 Å². The molecule has 0 spiro atoms. The van der Waals surface area contributed by atoms with Crippen molar-refractivity contribution in [3.05, 3.63) is 23.9 Å². The maximum atomic E-state index is 5.55. The zero-order valence-electron chi connectivity index (χ0n) is 7.37. The summed E-state index contributed by atoms with van der Waals surface area (Å²) < 4.78 is 5.00. The second kappa shape index (κ2) is 3.06. The Morgan fingerprint density at radius 1 is 1.54 bits per heavy atom. The third kappa shape index (κ3) is 1.25. The molecule has 4 heteroatoms. The van der Waals surface area contributed by atoms with E-state index >= 15 is 0 Å². The molecule has 0 radical (unpaired) electrons. The van der Waals surface area contributed by atoms with Gasteiger partial charge in [-0.1, -0.05) is 0 Å². The molecule has 0 aliphatic carbocycles. The lowest BCUT2D eigenvalue weighted by Crippen LogP contribution is -1.94. The van der Waals surface area contributed by atoms with Gasteiger partial charge in [0.15, 0.2) is 0 Å². The number of nitrogens with two attached hydrogens (primary N) is 1. The number of hydrogen-bond acceptors (Lipinski definition) is 3. The van der Waals surface area contributed by atoms with Crippen LogP contribution >= 0.6 is 0 Å². The third-order valence-corrected chi connectivity index (χ3v) is 2.03. The van der Waals surface area contributed by atoms with Gasteiger partial charge in [0.05, 0.1) is 7.11 Å². The molecule has 0 aliphatic rings. The van der Waals surface area contributed by atoms with E-state index in [2.05, 4.69) is 9.97 Å². The fraction of sp³-hybridized carbons (Fsp3) is 0.222. The Kier molecular flexibility index (Phi) is 1.90. The first-order chi connectivity index (χ1) is 6.35. The number of aromatic amines is 1. The largest absolute Gasteiger partial charge is 0.481 e. The molecule has 0 aromatic carbocycles. The smallest absolute Gasteiger partial charge is 0.214 e. The van der Waals surface area contributed by atoms with Gasteiger partial charge in [0.25, 0.3) is 0 Å². The predicted octanol–water partition coefficient (Wildman–Crippen LogP) is 1.03. The topological polar surface area (TPSA) is 63.9 Å². The molecule has 0 amide bonds. The summed E-state index contributed by atoms with van der Waals surface area (Å²) >= 11 is 0. The van der Waals surface area contributed by atoms with Crippen molar-refractivity contribution in [3.8, 4) is 5.88 Å². The van der Waals surface area contributed by atoms with Crippen molar-refractivity contribution < 1.29 is 4.74 Å². The summed E-state index contributed by atoms with van der Waals surface area (Å²) in [7, 11) is 1.60. The summed E-state index contributed by atoms with van der Waals surface area (Å²) in [5.41, 5.74) is 7.45. The highest BCUT2D eigenvalue weighted by Gasteiger charge is 2.03. The summed E-state index contributed by atoms with van der Waals surface area (Å²) in [6.07, 6.45) is 1.87. The van der Waals surface area contributed by atoms with Gasteiger partial charge in [-0.2, -0.15) is 4.98 Å². The van der Waals surface area contributed by atoms with Crippen LogP contribution in [0, 0.1) is 0 Å².